The first kappa shape index (κ1) is 6.98. The van der Waals surface area contributed by atoms with Gasteiger partial charge in [0, 0.05) is 0 Å². The Balaban J connectivity index is 3.14. The monoisotopic (exact) mass is 98.1 g/mol. The van der Waals surface area contributed by atoms with Gasteiger partial charge in [-0.25, -0.2) is 0 Å². The number of hydrogen-bond acceptors (Lipinski definition) is 2. The van der Waals surface area contributed by atoms with E-state index >= 15 is 0 Å². The zero-order chi connectivity index (χ0) is 5.86. The average molecular weight is 98.0 g/mol. The molecule has 2 radical (unpaired) electrons. The summed E-state index contributed by atoms with van der Waals surface area (Å²) < 4.78 is 0. The molecule has 0 aliphatic carbocycles. The van der Waals surface area contributed by atoms with E-state index in [9.17, 15) is 0 Å². The van der Waals surface area contributed by atoms with E-state index in [0.717, 1.165) is 0 Å². The lowest BCUT2D eigenvalue weighted by atomic mass is 9.87. The van der Waals surface area contributed by atoms with Crippen LogP contribution in [0.5, 0.6) is 0 Å². The van der Waals surface area contributed by atoms with Gasteiger partial charge in [-0.2, -0.15) is 0 Å². The van der Waals surface area contributed by atoms with E-state index in [2.05, 4.69) is 5.43 Å². The first-order chi connectivity index (χ1) is 3.18. The highest BCUT2D eigenvalue weighted by molar-refractivity contribution is 6.11. The Morgan fingerprint density at radius 3 is 2.00 bits per heavy atom. The molecule has 0 heterocycles. The van der Waals surface area contributed by atoms with Gasteiger partial charge < -0.3 is 0 Å². The minimum Gasteiger partial charge on any atom is -0.272 e. The predicted molar refractivity (Wildman–Crippen MR) is 31.7 cm³/mol. The Morgan fingerprint density at radius 1 is 1.57 bits per heavy atom. The highest BCUT2D eigenvalue weighted by atomic mass is 15.2. The number of nitrogens with two attached hydrogens (primary N) is 1. The van der Waals surface area contributed by atoms with Crippen LogP contribution in [0.25, 0.3) is 0 Å². The minimum absolute atomic E-state index is 0.0694. The summed E-state index contributed by atoms with van der Waals surface area (Å²) in [6, 6.07) is 0. The van der Waals surface area contributed by atoms with E-state index in [1.165, 1.54) is 0 Å². The summed E-state index contributed by atoms with van der Waals surface area (Å²) >= 11 is 0. The lowest BCUT2D eigenvalue weighted by molar-refractivity contribution is 0.518. The van der Waals surface area contributed by atoms with Crippen LogP contribution in [0, 0.1) is 5.92 Å². The van der Waals surface area contributed by atoms with Crippen LogP contribution in [-0.2, 0) is 0 Å². The van der Waals surface area contributed by atoms with Gasteiger partial charge in [-0.3, -0.25) is 11.3 Å². The van der Waals surface area contributed by atoms with Crippen LogP contribution in [0.15, 0.2) is 0 Å². The van der Waals surface area contributed by atoms with Crippen molar-refractivity contribution in [1.82, 2.24) is 5.43 Å². The quantitative estimate of drug-likeness (QED) is 0.280. The number of rotatable bonds is 2. The molecule has 40 valence electrons. The summed E-state index contributed by atoms with van der Waals surface area (Å²) in [5, 5.41) is 0. The molecule has 0 spiro atoms. The molecule has 1 atom stereocenters. The van der Waals surface area contributed by atoms with E-state index in [0.29, 0.717) is 5.92 Å². The fraction of sp³-hybridized carbons (Fsp3) is 1.00. The van der Waals surface area contributed by atoms with Crippen LogP contribution in [0.4, 0.5) is 0 Å². The highest BCUT2D eigenvalue weighted by Gasteiger charge is 2.00. The van der Waals surface area contributed by atoms with Crippen molar-refractivity contribution in [2.45, 2.75) is 19.8 Å². The van der Waals surface area contributed by atoms with E-state index in [1.54, 1.807) is 0 Å². The summed E-state index contributed by atoms with van der Waals surface area (Å²) in [6.45, 7) is 4.01. The van der Waals surface area contributed by atoms with Crippen molar-refractivity contribution in [3.05, 3.63) is 0 Å². The highest BCUT2D eigenvalue weighted by Crippen LogP contribution is 1.92. The van der Waals surface area contributed by atoms with Gasteiger partial charge in [-0.05, 0) is 11.9 Å². The van der Waals surface area contributed by atoms with E-state index in [1.807, 2.05) is 13.8 Å². The maximum Gasteiger partial charge on any atom is 0.0930 e. The van der Waals surface area contributed by atoms with E-state index in [4.69, 9.17) is 13.7 Å². The second kappa shape index (κ2) is 3.05. The Hall–Kier alpha value is -0.0151. The predicted octanol–water partition coefficient (Wildman–Crippen LogP) is -0.400. The molecule has 0 aromatic rings. The largest absolute Gasteiger partial charge is 0.272 e. The van der Waals surface area contributed by atoms with Crippen molar-refractivity contribution in [3.63, 3.8) is 0 Å². The molecule has 0 fully saturated rings. The molecule has 0 bridgehead atoms. The van der Waals surface area contributed by atoms with Gasteiger partial charge in [0.25, 0.3) is 0 Å². The maximum atomic E-state index is 5.38. The Labute approximate surface area is 45.8 Å². The van der Waals surface area contributed by atoms with Crippen molar-refractivity contribution in [2.24, 2.45) is 11.8 Å². The number of hydrogen-bond donors (Lipinski definition) is 2. The van der Waals surface area contributed by atoms with Gasteiger partial charge in [0.2, 0.25) is 0 Å². The molecule has 0 aliphatic rings. The van der Waals surface area contributed by atoms with Gasteiger partial charge in [0.15, 0.2) is 0 Å². The van der Waals surface area contributed by atoms with Crippen LogP contribution >= 0.6 is 0 Å². The lowest BCUT2D eigenvalue weighted by Gasteiger charge is -2.12. The van der Waals surface area contributed by atoms with Crippen LogP contribution in [0.1, 0.15) is 13.8 Å². The molecule has 0 aromatic carbocycles. The zero-order valence-electron chi connectivity index (χ0n) is 4.81. The van der Waals surface area contributed by atoms with Gasteiger partial charge >= 0.3 is 0 Å². The van der Waals surface area contributed by atoms with Crippen LogP contribution in [0.3, 0.4) is 0 Å². The average Bonchev–Trinajstić information content (AvgIpc) is 1.65. The van der Waals surface area contributed by atoms with Crippen LogP contribution in [0.2, 0.25) is 0 Å². The summed E-state index contributed by atoms with van der Waals surface area (Å²) in [4.78, 5) is 0. The molecule has 1 unspecified atom stereocenters. The van der Waals surface area contributed by atoms with E-state index < -0.39 is 0 Å². The zero-order valence-corrected chi connectivity index (χ0v) is 4.81. The Morgan fingerprint density at radius 2 is 2.00 bits per heavy atom. The molecule has 0 rings (SSSR count). The van der Waals surface area contributed by atoms with Crippen LogP contribution < -0.4 is 11.3 Å². The topological polar surface area (TPSA) is 38.0 Å². The number of hydrazine groups is 1. The molecule has 0 saturated heterocycles. The fourth-order valence-corrected chi connectivity index (χ4v) is 0.192. The summed E-state index contributed by atoms with van der Waals surface area (Å²) in [7, 11) is 5.38. The first-order valence-corrected chi connectivity index (χ1v) is 2.40. The van der Waals surface area contributed by atoms with Crippen molar-refractivity contribution >= 4 is 7.85 Å². The third-order valence-corrected chi connectivity index (χ3v) is 0.911. The normalized spacial score (nSPS) is 14.9. The van der Waals surface area contributed by atoms with Crippen molar-refractivity contribution in [3.8, 4) is 0 Å². The molecule has 0 amide bonds. The molecule has 7 heavy (non-hydrogen) atoms. The third kappa shape index (κ3) is 2.65. The van der Waals surface area contributed by atoms with Gasteiger partial charge in [0.05, 0.1) is 7.85 Å². The molecule has 0 aliphatic heterocycles. The summed E-state index contributed by atoms with van der Waals surface area (Å²) in [6.07, 6.45) is 0. The lowest BCUT2D eigenvalue weighted by Crippen LogP contribution is -2.39. The van der Waals surface area contributed by atoms with Crippen molar-refractivity contribution in [1.29, 1.82) is 0 Å². The molecule has 0 aromatic heterocycles. The molecular formula is C4H11BN2. The molecule has 0 saturated carbocycles. The van der Waals surface area contributed by atoms with Gasteiger partial charge in [-0.15, -0.1) is 0 Å². The van der Waals surface area contributed by atoms with Crippen molar-refractivity contribution < 1.29 is 0 Å². The summed E-state index contributed by atoms with van der Waals surface area (Å²) in [5.74, 6) is 5.34. The van der Waals surface area contributed by atoms with Crippen molar-refractivity contribution in [2.75, 3.05) is 0 Å². The Bertz CT molecular complexity index is 47.0. The SMILES string of the molecule is [B]C(NN)C(C)C. The molecular weight excluding hydrogens is 86.9 g/mol. The minimum atomic E-state index is -0.0694. The molecule has 3 heteroatoms. The van der Waals surface area contributed by atoms with Gasteiger partial charge in [-0.1, -0.05) is 13.8 Å². The number of nitrogens with one attached hydrogen (secondary N) is 1. The third-order valence-electron chi connectivity index (χ3n) is 0.911. The molecule has 3 N–H and O–H groups in total. The fourth-order valence-electron chi connectivity index (χ4n) is 0.192. The summed E-state index contributed by atoms with van der Waals surface area (Å²) in [5.41, 5.74) is 2.44. The van der Waals surface area contributed by atoms with Crippen LogP contribution in [-0.4, -0.2) is 13.8 Å². The molecule has 2 nitrogen and oxygen atoms in total. The standard InChI is InChI=1S/C4H11BN2/c1-3(2)4(5)7-6/h3-4,7H,6H2,1-2H3. The Kier molecular flexibility index (Phi) is 3.04. The maximum absolute atomic E-state index is 5.38. The second-order valence-electron chi connectivity index (χ2n) is 1.94. The van der Waals surface area contributed by atoms with E-state index in [-0.39, 0.29) is 5.94 Å². The second-order valence-corrected chi connectivity index (χ2v) is 1.94. The van der Waals surface area contributed by atoms with Gasteiger partial charge in [0.1, 0.15) is 0 Å². The smallest absolute Gasteiger partial charge is 0.0930 e. The first-order valence-electron chi connectivity index (χ1n) is 2.40.